The molecule has 0 amide bonds. The highest BCUT2D eigenvalue weighted by Crippen LogP contribution is 2.04. The maximum atomic E-state index is 11.7. The van der Waals surface area contributed by atoms with Crippen LogP contribution < -0.4 is 10.6 Å². The summed E-state index contributed by atoms with van der Waals surface area (Å²) < 4.78 is 4.87. The van der Waals surface area contributed by atoms with Crippen molar-refractivity contribution in [2.45, 2.75) is 20.4 Å². The number of carbonyl (C=O) groups is 1. The Hall–Kier alpha value is -2.48. The second kappa shape index (κ2) is 8.59. The number of hydrogen-bond donors (Lipinski definition) is 2. The number of esters is 1. The molecule has 0 atom stereocenters. The molecular weight excluding hydrogens is 254 g/mol. The molecule has 0 heterocycles. The number of carbonyl (C=O) groups excluding carboxylic acids is 1. The van der Waals surface area contributed by atoms with Crippen molar-refractivity contribution < 1.29 is 9.53 Å². The van der Waals surface area contributed by atoms with Crippen molar-refractivity contribution in [3.8, 4) is 6.07 Å². The van der Waals surface area contributed by atoms with Crippen LogP contribution in [0.25, 0.3) is 0 Å². The summed E-state index contributed by atoms with van der Waals surface area (Å²) in [5.74, 6) is -0.219. The van der Waals surface area contributed by atoms with E-state index >= 15 is 0 Å². The molecule has 5 nitrogen and oxygen atoms in total. The summed E-state index contributed by atoms with van der Waals surface area (Å²) in [6.45, 7) is 4.96. The van der Waals surface area contributed by atoms with Gasteiger partial charge in [0.25, 0.3) is 0 Å². The second-order valence-electron chi connectivity index (χ2n) is 3.95. The van der Waals surface area contributed by atoms with Gasteiger partial charge in [0.15, 0.2) is 5.57 Å². The lowest BCUT2D eigenvalue weighted by molar-refractivity contribution is -0.138. The molecule has 0 radical (unpaired) electrons. The average molecular weight is 273 g/mol. The molecule has 5 heteroatoms. The van der Waals surface area contributed by atoms with Crippen molar-refractivity contribution in [2.24, 2.45) is 0 Å². The van der Waals surface area contributed by atoms with Crippen molar-refractivity contribution in [1.82, 2.24) is 10.6 Å². The molecule has 0 unspecified atom stereocenters. The molecule has 0 aliphatic carbocycles. The van der Waals surface area contributed by atoms with E-state index in [2.05, 4.69) is 10.6 Å². The number of nitriles is 1. The largest absolute Gasteiger partial charge is 0.462 e. The van der Waals surface area contributed by atoms with E-state index in [0.717, 1.165) is 5.56 Å². The molecular formula is C15H19N3O2. The fourth-order valence-corrected chi connectivity index (χ4v) is 1.61. The van der Waals surface area contributed by atoms with Crippen molar-refractivity contribution in [1.29, 1.82) is 5.26 Å². The molecule has 0 saturated heterocycles. The monoisotopic (exact) mass is 273 g/mol. The zero-order valence-electron chi connectivity index (χ0n) is 11.8. The smallest absolute Gasteiger partial charge is 0.352 e. The lowest BCUT2D eigenvalue weighted by atomic mass is 10.2. The van der Waals surface area contributed by atoms with Crippen LogP contribution in [-0.4, -0.2) is 19.1 Å². The van der Waals surface area contributed by atoms with Crippen LogP contribution >= 0.6 is 0 Å². The molecule has 0 bridgehead atoms. The molecule has 1 rings (SSSR count). The van der Waals surface area contributed by atoms with Crippen LogP contribution in [0, 0.1) is 11.3 Å². The SMILES string of the molecule is CCNC(NCc1ccccc1)=C(C#N)C(=O)OCC. The van der Waals surface area contributed by atoms with Gasteiger partial charge in [-0.15, -0.1) is 0 Å². The molecule has 1 aromatic rings. The molecule has 106 valence electrons. The Balaban J connectivity index is 2.85. The summed E-state index contributed by atoms with van der Waals surface area (Å²) in [6.07, 6.45) is 0. The Kier molecular flexibility index (Phi) is 6.69. The maximum Gasteiger partial charge on any atom is 0.352 e. The minimum absolute atomic E-state index is 0.0374. The van der Waals surface area contributed by atoms with Gasteiger partial charge in [0.2, 0.25) is 0 Å². The van der Waals surface area contributed by atoms with E-state index in [9.17, 15) is 4.79 Å². The van der Waals surface area contributed by atoms with E-state index in [1.165, 1.54) is 0 Å². The van der Waals surface area contributed by atoms with E-state index in [1.54, 1.807) is 6.92 Å². The van der Waals surface area contributed by atoms with Gasteiger partial charge in [0.1, 0.15) is 11.9 Å². The van der Waals surface area contributed by atoms with Crippen LogP contribution in [0.15, 0.2) is 41.7 Å². The molecule has 20 heavy (non-hydrogen) atoms. The lowest BCUT2D eigenvalue weighted by Gasteiger charge is -2.14. The molecule has 0 aliphatic rings. The topological polar surface area (TPSA) is 74.1 Å². The highest BCUT2D eigenvalue weighted by molar-refractivity contribution is 5.93. The first kappa shape index (κ1) is 15.6. The van der Waals surface area contributed by atoms with Crippen LogP contribution in [0.2, 0.25) is 0 Å². The Morgan fingerprint density at radius 2 is 1.95 bits per heavy atom. The number of nitrogens with zero attached hydrogens (tertiary/aromatic N) is 1. The van der Waals surface area contributed by atoms with Gasteiger partial charge in [-0.1, -0.05) is 30.3 Å². The first-order valence-electron chi connectivity index (χ1n) is 6.56. The Morgan fingerprint density at radius 1 is 1.25 bits per heavy atom. The van der Waals surface area contributed by atoms with Gasteiger partial charge in [-0.2, -0.15) is 5.26 Å². The predicted molar refractivity (Wildman–Crippen MR) is 76.2 cm³/mol. The third-order valence-electron chi connectivity index (χ3n) is 2.51. The van der Waals surface area contributed by atoms with Gasteiger partial charge in [-0.05, 0) is 19.4 Å². The first-order valence-corrected chi connectivity index (χ1v) is 6.56. The van der Waals surface area contributed by atoms with Crippen LogP contribution in [0.1, 0.15) is 19.4 Å². The number of ether oxygens (including phenoxy) is 1. The van der Waals surface area contributed by atoms with E-state index in [4.69, 9.17) is 10.00 Å². The standard InChI is InChI=1S/C15H19N3O2/c1-3-17-14(13(10-16)15(19)20-4-2)18-11-12-8-6-5-7-9-12/h5-9,17-18H,3-4,11H2,1-2H3. The zero-order chi connectivity index (χ0) is 14.8. The average Bonchev–Trinajstić information content (AvgIpc) is 2.47. The number of hydrogen-bond acceptors (Lipinski definition) is 5. The molecule has 0 fully saturated rings. The summed E-state index contributed by atoms with van der Waals surface area (Å²) >= 11 is 0. The summed E-state index contributed by atoms with van der Waals surface area (Å²) in [7, 11) is 0. The molecule has 1 aromatic carbocycles. The van der Waals surface area contributed by atoms with Crippen molar-refractivity contribution in [3.05, 3.63) is 47.3 Å². The van der Waals surface area contributed by atoms with E-state index in [1.807, 2.05) is 43.3 Å². The molecule has 2 N–H and O–H groups in total. The molecule has 0 saturated carbocycles. The second-order valence-corrected chi connectivity index (χ2v) is 3.95. The number of benzene rings is 1. The summed E-state index contributed by atoms with van der Waals surface area (Å²) in [4.78, 5) is 11.7. The fourth-order valence-electron chi connectivity index (χ4n) is 1.61. The zero-order valence-corrected chi connectivity index (χ0v) is 11.8. The quantitative estimate of drug-likeness (QED) is 0.449. The fraction of sp³-hybridized carbons (Fsp3) is 0.333. The lowest BCUT2D eigenvalue weighted by Crippen LogP contribution is -2.30. The summed E-state index contributed by atoms with van der Waals surface area (Å²) in [5.41, 5.74) is 1.02. The number of rotatable bonds is 7. The van der Waals surface area contributed by atoms with Gasteiger partial charge in [-0.3, -0.25) is 0 Å². The van der Waals surface area contributed by atoms with Crippen LogP contribution in [0.4, 0.5) is 0 Å². The van der Waals surface area contributed by atoms with Gasteiger partial charge in [0.05, 0.1) is 6.61 Å². The molecule has 0 aromatic heterocycles. The minimum atomic E-state index is -0.619. The van der Waals surface area contributed by atoms with E-state index < -0.39 is 5.97 Å². The van der Waals surface area contributed by atoms with Gasteiger partial charge >= 0.3 is 5.97 Å². The Labute approximate surface area is 119 Å². The summed E-state index contributed by atoms with van der Waals surface area (Å²) in [6, 6.07) is 11.6. The van der Waals surface area contributed by atoms with Crippen LogP contribution in [0.3, 0.4) is 0 Å². The molecule has 0 aliphatic heterocycles. The van der Waals surface area contributed by atoms with Crippen LogP contribution in [0.5, 0.6) is 0 Å². The molecule has 0 spiro atoms. The number of nitrogens with one attached hydrogen (secondary N) is 2. The van der Waals surface area contributed by atoms with E-state index in [-0.39, 0.29) is 12.2 Å². The Morgan fingerprint density at radius 3 is 2.50 bits per heavy atom. The minimum Gasteiger partial charge on any atom is -0.462 e. The van der Waals surface area contributed by atoms with Crippen LogP contribution in [-0.2, 0) is 16.1 Å². The Bertz CT molecular complexity index is 504. The third-order valence-corrected chi connectivity index (χ3v) is 2.51. The van der Waals surface area contributed by atoms with E-state index in [0.29, 0.717) is 18.9 Å². The first-order chi connectivity index (χ1) is 9.72. The van der Waals surface area contributed by atoms with Gasteiger partial charge in [-0.25, -0.2) is 4.79 Å². The van der Waals surface area contributed by atoms with Crippen molar-refractivity contribution >= 4 is 5.97 Å². The van der Waals surface area contributed by atoms with Crippen molar-refractivity contribution in [3.63, 3.8) is 0 Å². The third kappa shape index (κ3) is 4.65. The van der Waals surface area contributed by atoms with Gasteiger partial charge in [0, 0.05) is 13.1 Å². The highest BCUT2D eigenvalue weighted by atomic mass is 16.5. The normalized spacial score (nSPS) is 11.1. The maximum absolute atomic E-state index is 11.7. The van der Waals surface area contributed by atoms with Gasteiger partial charge < -0.3 is 15.4 Å². The summed E-state index contributed by atoms with van der Waals surface area (Å²) in [5, 5.41) is 15.2. The highest BCUT2D eigenvalue weighted by Gasteiger charge is 2.16. The predicted octanol–water partition coefficient (Wildman–Crippen LogP) is 1.68. The van der Waals surface area contributed by atoms with Crippen molar-refractivity contribution in [2.75, 3.05) is 13.2 Å².